The zero-order valence-corrected chi connectivity index (χ0v) is 15.7. The molecule has 0 aliphatic rings. The topological polar surface area (TPSA) is 78.8 Å². The number of hydrogen-bond acceptors (Lipinski definition) is 4. The first kappa shape index (κ1) is 21.0. The van der Waals surface area contributed by atoms with Gasteiger partial charge in [-0.1, -0.05) is 39.0 Å². The Balaban J connectivity index is 0.00000400. The van der Waals surface area contributed by atoms with E-state index in [0.717, 1.165) is 12.8 Å². The molecule has 114 valence electrons. The first-order valence-corrected chi connectivity index (χ1v) is 8.47. The van der Waals surface area contributed by atoms with Crippen molar-refractivity contribution in [1.82, 2.24) is 0 Å². The zero-order chi connectivity index (χ0) is 14.8. The molecule has 1 unspecified atom stereocenters. The predicted molar refractivity (Wildman–Crippen MR) is 75.8 cm³/mol. The maximum absolute atomic E-state index is 10.5. The third-order valence-corrected chi connectivity index (χ3v) is 3.25. The molecule has 0 radical (unpaired) electrons. The molecule has 1 N–H and O–H groups in total. The molecule has 0 saturated carbocycles. The van der Waals surface area contributed by atoms with Gasteiger partial charge in [0.05, 0.1) is 6.61 Å². The largest absolute Gasteiger partial charge is 1.00 e. The average molecular weight is 324 g/mol. The summed E-state index contributed by atoms with van der Waals surface area (Å²) in [6.07, 6.45) is 7.21. The molecule has 0 spiro atoms. The molecular weight excluding hydrogens is 302 g/mol. The third kappa shape index (κ3) is 11.2. The molecule has 1 aromatic carbocycles. The van der Waals surface area contributed by atoms with Crippen LogP contribution < -0.4 is 43.7 Å². The van der Waals surface area contributed by atoms with Gasteiger partial charge in [0, 0.05) is 0 Å². The summed E-state index contributed by atoms with van der Waals surface area (Å²) in [5, 5.41) is 0. The van der Waals surface area contributed by atoms with E-state index in [9.17, 15) is 9.46 Å². The van der Waals surface area contributed by atoms with Gasteiger partial charge < -0.3 is 19.0 Å². The number of ether oxygens (including phenoxy) is 1. The minimum absolute atomic E-state index is 0. The first-order chi connectivity index (χ1) is 9.51. The van der Waals surface area contributed by atoms with E-state index < -0.39 is 7.82 Å². The Hall–Kier alpha value is -0.0300. The molecular formula is C14H22NaO5P. The van der Waals surface area contributed by atoms with Crippen LogP contribution in [0.25, 0.3) is 0 Å². The first-order valence-electron chi connectivity index (χ1n) is 6.97. The molecule has 0 aromatic heterocycles. The molecule has 5 nitrogen and oxygen atoms in total. The smallest absolute Gasteiger partial charge is 0.746 e. The Morgan fingerprint density at radius 1 is 1.05 bits per heavy atom. The number of rotatable bonds is 10. The van der Waals surface area contributed by atoms with Gasteiger partial charge in [-0.3, -0.25) is 4.57 Å². The molecule has 0 aliphatic heterocycles. The summed E-state index contributed by atoms with van der Waals surface area (Å²) >= 11 is 0. The number of phosphoric acid groups is 1. The molecule has 0 saturated heterocycles. The van der Waals surface area contributed by atoms with Crippen LogP contribution in [0.3, 0.4) is 0 Å². The second-order valence-electron chi connectivity index (χ2n) is 4.65. The molecule has 7 heteroatoms. The Morgan fingerprint density at radius 2 is 1.57 bits per heavy atom. The SMILES string of the molecule is CCCCCCCCOc1ccc(OP(=O)([O-])O)cc1.[Na+]. The normalized spacial score (nSPS) is 13.1. The standard InChI is InChI=1S/C14H23O5P.Na/c1-2-3-4-5-6-7-12-18-13-8-10-14(11-9-13)19-20(15,16)17;/h8-11H,2-7,12H2,1H3,(H2,15,16,17);/q;+1/p-1. The summed E-state index contributed by atoms with van der Waals surface area (Å²) in [5.74, 6) is 0.724. The van der Waals surface area contributed by atoms with Crippen LogP contribution in [0, 0.1) is 0 Å². The molecule has 1 atom stereocenters. The maximum Gasteiger partial charge on any atom is 1.00 e. The Labute approximate surface area is 148 Å². The number of unbranched alkanes of at least 4 members (excludes halogenated alkanes) is 5. The zero-order valence-electron chi connectivity index (χ0n) is 12.8. The van der Waals surface area contributed by atoms with Gasteiger partial charge in [-0.25, -0.2) is 0 Å². The van der Waals surface area contributed by atoms with E-state index in [1.54, 1.807) is 12.1 Å². The van der Waals surface area contributed by atoms with Gasteiger partial charge in [0.25, 0.3) is 0 Å². The third-order valence-electron chi connectivity index (χ3n) is 2.81. The maximum atomic E-state index is 10.5. The molecule has 0 heterocycles. The Bertz CT molecular complexity index is 418. The van der Waals surface area contributed by atoms with Crippen molar-refractivity contribution in [2.45, 2.75) is 45.4 Å². The molecule has 0 bridgehead atoms. The fourth-order valence-corrected chi connectivity index (χ4v) is 2.19. The van der Waals surface area contributed by atoms with Crippen molar-refractivity contribution in [3.63, 3.8) is 0 Å². The fourth-order valence-electron chi connectivity index (χ4n) is 1.80. The average Bonchev–Trinajstić information content (AvgIpc) is 2.38. The van der Waals surface area contributed by atoms with Gasteiger partial charge in [-0.2, -0.15) is 0 Å². The van der Waals surface area contributed by atoms with Gasteiger partial charge in [0.1, 0.15) is 11.5 Å². The van der Waals surface area contributed by atoms with Crippen LogP contribution in [0.2, 0.25) is 0 Å². The van der Waals surface area contributed by atoms with E-state index in [1.807, 2.05) is 0 Å². The second kappa shape index (κ2) is 11.5. The fraction of sp³-hybridized carbons (Fsp3) is 0.571. The summed E-state index contributed by atoms with van der Waals surface area (Å²) in [4.78, 5) is 19.1. The van der Waals surface area contributed by atoms with Crippen molar-refractivity contribution in [3.8, 4) is 11.5 Å². The van der Waals surface area contributed by atoms with Gasteiger partial charge in [-0.05, 0) is 30.7 Å². The van der Waals surface area contributed by atoms with Crippen molar-refractivity contribution >= 4 is 7.82 Å². The predicted octanol–water partition coefficient (Wildman–Crippen LogP) is 0.269. The van der Waals surface area contributed by atoms with Crippen LogP contribution in [-0.2, 0) is 4.57 Å². The van der Waals surface area contributed by atoms with Crippen molar-refractivity contribution in [3.05, 3.63) is 24.3 Å². The molecule has 1 rings (SSSR count). The van der Waals surface area contributed by atoms with Crippen molar-refractivity contribution in [1.29, 1.82) is 0 Å². The minimum Gasteiger partial charge on any atom is -0.746 e. The van der Waals surface area contributed by atoms with Crippen LogP contribution in [0.15, 0.2) is 24.3 Å². The quantitative estimate of drug-likeness (QED) is 0.380. The van der Waals surface area contributed by atoms with E-state index in [4.69, 9.17) is 9.63 Å². The van der Waals surface area contributed by atoms with Crippen molar-refractivity contribution in [2.75, 3.05) is 6.61 Å². The number of benzene rings is 1. The molecule has 0 amide bonds. The summed E-state index contributed by atoms with van der Waals surface area (Å²) < 4.78 is 20.4. The van der Waals surface area contributed by atoms with Gasteiger partial charge in [0.2, 0.25) is 0 Å². The van der Waals surface area contributed by atoms with Crippen molar-refractivity contribution < 1.29 is 53.2 Å². The minimum atomic E-state index is -4.73. The van der Waals surface area contributed by atoms with Crippen molar-refractivity contribution in [2.24, 2.45) is 0 Å². The number of hydrogen-bond donors (Lipinski definition) is 1. The van der Waals surface area contributed by atoms with Gasteiger partial charge in [0.15, 0.2) is 0 Å². The van der Waals surface area contributed by atoms with Crippen LogP contribution in [0.1, 0.15) is 45.4 Å². The summed E-state index contributed by atoms with van der Waals surface area (Å²) in [6.45, 7) is 2.84. The van der Waals surface area contributed by atoms with E-state index in [-0.39, 0.29) is 35.3 Å². The van der Waals surface area contributed by atoms with Gasteiger partial charge in [-0.15, -0.1) is 0 Å². The number of phosphoric ester groups is 1. The van der Waals surface area contributed by atoms with E-state index in [2.05, 4.69) is 11.4 Å². The van der Waals surface area contributed by atoms with Crippen LogP contribution >= 0.6 is 7.82 Å². The van der Waals surface area contributed by atoms with E-state index in [1.165, 1.54) is 37.8 Å². The van der Waals surface area contributed by atoms with Crippen LogP contribution in [0.5, 0.6) is 11.5 Å². The summed E-state index contributed by atoms with van der Waals surface area (Å²) in [6, 6.07) is 6.11. The van der Waals surface area contributed by atoms with E-state index in [0.29, 0.717) is 12.4 Å². The molecule has 0 aliphatic carbocycles. The second-order valence-corrected chi connectivity index (χ2v) is 5.77. The molecule has 0 fully saturated rings. The summed E-state index contributed by atoms with van der Waals surface area (Å²) in [7, 11) is -4.73. The van der Waals surface area contributed by atoms with Crippen LogP contribution in [-0.4, -0.2) is 11.5 Å². The van der Waals surface area contributed by atoms with E-state index >= 15 is 0 Å². The van der Waals surface area contributed by atoms with Crippen LogP contribution in [0.4, 0.5) is 0 Å². The summed E-state index contributed by atoms with van der Waals surface area (Å²) in [5.41, 5.74) is 0. The monoisotopic (exact) mass is 324 g/mol. The molecule has 1 aromatic rings. The Morgan fingerprint density at radius 3 is 2.14 bits per heavy atom. The molecule has 21 heavy (non-hydrogen) atoms. The van der Waals surface area contributed by atoms with Gasteiger partial charge >= 0.3 is 37.4 Å². The Kier molecular flexibility index (Phi) is 11.5.